The Morgan fingerprint density at radius 3 is 2.38 bits per heavy atom. The van der Waals surface area contributed by atoms with Gasteiger partial charge in [-0.2, -0.15) is 0 Å². The molecule has 0 radical (unpaired) electrons. The summed E-state index contributed by atoms with van der Waals surface area (Å²) < 4.78 is 5.18. The summed E-state index contributed by atoms with van der Waals surface area (Å²) in [5, 5.41) is 0. The zero-order valence-electron chi connectivity index (χ0n) is 10.3. The van der Waals surface area contributed by atoms with E-state index in [0.717, 1.165) is 12.0 Å². The first-order valence-corrected chi connectivity index (χ1v) is 5.67. The van der Waals surface area contributed by atoms with E-state index in [-0.39, 0.29) is 11.4 Å². The predicted molar refractivity (Wildman–Crippen MR) is 65.2 cm³/mol. The first kappa shape index (κ1) is 12.8. The van der Waals surface area contributed by atoms with Crippen molar-refractivity contribution in [3.8, 4) is 0 Å². The van der Waals surface area contributed by atoms with E-state index >= 15 is 0 Å². The molecule has 0 N–H and O–H groups in total. The van der Waals surface area contributed by atoms with Gasteiger partial charge in [0.05, 0.1) is 13.0 Å². The van der Waals surface area contributed by atoms with Gasteiger partial charge in [-0.1, -0.05) is 51.1 Å². The minimum atomic E-state index is -0.143. The third-order valence-corrected chi connectivity index (χ3v) is 2.31. The fourth-order valence-electron chi connectivity index (χ4n) is 1.28. The molecular weight excluding hydrogens is 200 g/mol. The lowest BCUT2D eigenvalue weighted by Gasteiger charge is -2.17. The topological polar surface area (TPSA) is 26.3 Å². The molecule has 1 rings (SSSR count). The van der Waals surface area contributed by atoms with E-state index in [1.54, 1.807) is 0 Å². The number of hydrogen-bond acceptors (Lipinski definition) is 2. The Labute approximate surface area is 97.6 Å². The van der Waals surface area contributed by atoms with Crippen LogP contribution < -0.4 is 0 Å². The molecule has 0 fully saturated rings. The average molecular weight is 220 g/mol. The zero-order chi connectivity index (χ0) is 12.0. The first-order valence-electron chi connectivity index (χ1n) is 5.67. The molecule has 0 aliphatic carbocycles. The van der Waals surface area contributed by atoms with Crippen LogP contribution >= 0.6 is 0 Å². The molecule has 0 saturated heterocycles. The van der Waals surface area contributed by atoms with Gasteiger partial charge in [0.15, 0.2) is 0 Å². The number of ether oxygens (including phenoxy) is 1. The van der Waals surface area contributed by atoms with Crippen molar-refractivity contribution in [2.24, 2.45) is 5.41 Å². The van der Waals surface area contributed by atoms with Gasteiger partial charge < -0.3 is 4.74 Å². The lowest BCUT2D eigenvalue weighted by molar-refractivity contribution is -0.143. The zero-order valence-corrected chi connectivity index (χ0v) is 10.3. The molecule has 0 saturated carbocycles. The highest BCUT2D eigenvalue weighted by atomic mass is 16.5. The Balaban J connectivity index is 2.27. The van der Waals surface area contributed by atoms with Gasteiger partial charge in [0.1, 0.15) is 0 Å². The molecule has 2 nitrogen and oxygen atoms in total. The second-order valence-corrected chi connectivity index (χ2v) is 5.19. The van der Waals surface area contributed by atoms with Crippen LogP contribution in [0, 0.1) is 5.41 Å². The second kappa shape index (κ2) is 5.69. The van der Waals surface area contributed by atoms with Gasteiger partial charge in [0.2, 0.25) is 0 Å². The molecule has 0 aromatic heterocycles. The first-order chi connectivity index (χ1) is 7.47. The van der Waals surface area contributed by atoms with Crippen molar-refractivity contribution >= 4 is 5.97 Å². The van der Waals surface area contributed by atoms with Gasteiger partial charge in [-0.3, -0.25) is 4.79 Å². The van der Waals surface area contributed by atoms with E-state index in [1.165, 1.54) is 0 Å². The highest BCUT2D eigenvalue weighted by Gasteiger charge is 2.11. The maximum atomic E-state index is 11.5. The Hall–Kier alpha value is -1.31. The fourth-order valence-corrected chi connectivity index (χ4v) is 1.28. The van der Waals surface area contributed by atoms with Crippen molar-refractivity contribution in [3.63, 3.8) is 0 Å². The molecule has 0 amide bonds. The van der Waals surface area contributed by atoms with Gasteiger partial charge >= 0.3 is 5.97 Å². The molecular formula is C14H20O2. The van der Waals surface area contributed by atoms with Crippen LogP contribution in [0.1, 0.15) is 32.8 Å². The van der Waals surface area contributed by atoms with Crippen molar-refractivity contribution < 1.29 is 9.53 Å². The van der Waals surface area contributed by atoms with Crippen LogP contribution in [0.15, 0.2) is 30.3 Å². The third kappa shape index (κ3) is 5.54. The highest BCUT2D eigenvalue weighted by Crippen LogP contribution is 2.18. The summed E-state index contributed by atoms with van der Waals surface area (Å²) in [5.41, 5.74) is 1.22. The number of hydrogen-bond donors (Lipinski definition) is 0. The van der Waals surface area contributed by atoms with E-state index < -0.39 is 0 Å². The highest BCUT2D eigenvalue weighted by molar-refractivity contribution is 5.72. The van der Waals surface area contributed by atoms with Crippen LogP contribution in [0.5, 0.6) is 0 Å². The summed E-state index contributed by atoms with van der Waals surface area (Å²) in [6, 6.07) is 9.67. The van der Waals surface area contributed by atoms with Crippen molar-refractivity contribution in [1.82, 2.24) is 0 Å². The summed E-state index contributed by atoms with van der Waals surface area (Å²) in [6.07, 6.45) is 1.26. The van der Waals surface area contributed by atoms with Gasteiger partial charge in [0.25, 0.3) is 0 Å². The number of carbonyl (C=O) groups excluding carboxylic acids is 1. The smallest absolute Gasteiger partial charge is 0.310 e. The molecule has 0 unspecified atom stereocenters. The number of carbonyl (C=O) groups is 1. The van der Waals surface area contributed by atoms with Crippen LogP contribution in [-0.4, -0.2) is 12.6 Å². The van der Waals surface area contributed by atoms with Crippen LogP contribution in [0.25, 0.3) is 0 Å². The van der Waals surface area contributed by atoms with Crippen molar-refractivity contribution in [1.29, 1.82) is 0 Å². The molecule has 1 aromatic rings. The summed E-state index contributed by atoms with van der Waals surface area (Å²) in [7, 11) is 0. The van der Waals surface area contributed by atoms with Gasteiger partial charge in [-0.05, 0) is 17.4 Å². The maximum absolute atomic E-state index is 11.5. The van der Waals surface area contributed by atoms with E-state index in [0.29, 0.717) is 13.0 Å². The van der Waals surface area contributed by atoms with Crippen LogP contribution in [0.2, 0.25) is 0 Å². The standard InChI is InChI=1S/C14H20O2/c1-14(2,3)9-10-16-13(15)11-12-7-5-4-6-8-12/h4-8H,9-11H2,1-3H3. The van der Waals surface area contributed by atoms with Crippen molar-refractivity contribution in [2.45, 2.75) is 33.6 Å². The number of benzene rings is 1. The van der Waals surface area contributed by atoms with Gasteiger partial charge in [-0.25, -0.2) is 0 Å². The van der Waals surface area contributed by atoms with Gasteiger partial charge in [-0.15, -0.1) is 0 Å². The monoisotopic (exact) mass is 220 g/mol. The van der Waals surface area contributed by atoms with Gasteiger partial charge in [0, 0.05) is 0 Å². The Bertz CT molecular complexity index is 322. The molecule has 0 heterocycles. The summed E-state index contributed by atoms with van der Waals surface area (Å²) in [5.74, 6) is -0.143. The normalized spacial score (nSPS) is 11.2. The molecule has 0 aliphatic rings. The molecule has 88 valence electrons. The molecule has 0 atom stereocenters. The minimum Gasteiger partial charge on any atom is -0.465 e. The largest absolute Gasteiger partial charge is 0.465 e. The molecule has 16 heavy (non-hydrogen) atoms. The summed E-state index contributed by atoms with van der Waals surface area (Å²) in [4.78, 5) is 11.5. The Kier molecular flexibility index (Phi) is 4.53. The van der Waals surface area contributed by atoms with E-state index in [9.17, 15) is 4.79 Å². The Morgan fingerprint density at radius 1 is 1.19 bits per heavy atom. The third-order valence-electron chi connectivity index (χ3n) is 2.31. The predicted octanol–water partition coefficient (Wildman–Crippen LogP) is 3.21. The lowest BCUT2D eigenvalue weighted by Crippen LogP contribution is -2.14. The van der Waals surface area contributed by atoms with Crippen molar-refractivity contribution in [2.75, 3.05) is 6.61 Å². The number of rotatable bonds is 4. The Morgan fingerprint density at radius 2 is 1.81 bits per heavy atom. The van der Waals surface area contributed by atoms with E-state index in [1.807, 2.05) is 30.3 Å². The van der Waals surface area contributed by atoms with Crippen molar-refractivity contribution in [3.05, 3.63) is 35.9 Å². The molecule has 2 heteroatoms. The second-order valence-electron chi connectivity index (χ2n) is 5.19. The maximum Gasteiger partial charge on any atom is 0.310 e. The lowest BCUT2D eigenvalue weighted by atomic mass is 9.93. The fraction of sp³-hybridized carbons (Fsp3) is 0.500. The van der Waals surface area contributed by atoms with Crippen LogP contribution in [0.3, 0.4) is 0 Å². The summed E-state index contributed by atoms with van der Waals surface area (Å²) >= 11 is 0. The van der Waals surface area contributed by atoms with Crippen LogP contribution in [-0.2, 0) is 16.0 Å². The number of esters is 1. The average Bonchev–Trinajstić information content (AvgIpc) is 2.17. The van der Waals surface area contributed by atoms with Crippen LogP contribution in [0.4, 0.5) is 0 Å². The molecule has 0 bridgehead atoms. The van der Waals surface area contributed by atoms with E-state index in [4.69, 9.17) is 4.74 Å². The minimum absolute atomic E-state index is 0.143. The summed E-state index contributed by atoms with van der Waals surface area (Å²) in [6.45, 7) is 6.92. The molecule has 1 aromatic carbocycles. The molecule has 0 spiro atoms. The quantitative estimate of drug-likeness (QED) is 0.728. The SMILES string of the molecule is CC(C)(C)CCOC(=O)Cc1ccccc1. The molecule has 0 aliphatic heterocycles. The van der Waals surface area contributed by atoms with E-state index in [2.05, 4.69) is 20.8 Å².